The van der Waals surface area contributed by atoms with E-state index in [0.717, 1.165) is 37.0 Å². The van der Waals surface area contributed by atoms with Gasteiger partial charge in [-0.05, 0) is 57.1 Å². The van der Waals surface area contributed by atoms with Gasteiger partial charge in [-0.1, -0.05) is 18.7 Å². The van der Waals surface area contributed by atoms with E-state index in [9.17, 15) is 5.11 Å². The molecule has 0 aromatic carbocycles. The van der Waals surface area contributed by atoms with Crippen LogP contribution in [0.15, 0.2) is 58.1 Å². The topological polar surface area (TPSA) is 45.0 Å². The van der Waals surface area contributed by atoms with Crippen molar-refractivity contribution in [2.24, 2.45) is 10.2 Å². The summed E-state index contributed by atoms with van der Waals surface area (Å²) in [4.78, 5) is 0. The number of aliphatic hydroxyl groups excluding tert-OH is 1. The molecule has 0 heterocycles. The van der Waals surface area contributed by atoms with Gasteiger partial charge in [-0.2, -0.15) is 10.2 Å². The van der Waals surface area contributed by atoms with Crippen molar-refractivity contribution in [1.82, 2.24) is 0 Å². The molecule has 0 saturated carbocycles. The molecular formula is C16H26N2O. The predicted molar refractivity (Wildman–Crippen MR) is 82.3 cm³/mol. The molecular weight excluding hydrogens is 236 g/mol. The van der Waals surface area contributed by atoms with Crippen molar-refractivity contribution < 1.29 is 5.11 Å². The molecule has 0 fully saturated rings. The van der Waals surface area contributed by atoms with Crippen molar-refractivity contribution in [3.05, 3.63) is 47.9 Å². The van der Waals surface area contributed by atoms with E-state index < -0.39 is 0 Å². The van der Waals surface area contributed by atoms with Gasteiger partial charge in [0.2, 0.25) is 0 Å². The minimum absolute atomic E-state index is 0.382. The number of rotatable bonds is 9. The molecule has 0 bridgehead atoms. The van der Waals surface area contributed by atoms with Crippen molar-refractivity contribution in [1.29, 1.82) is 0 Å². The van der Waals surface area contributed by atoms with Crippen molar-refractivity contribution in [2.45, 2.75) is 46.0 Å². The first-order chi connectivity index (χ1) is 9.06. The van der Waals surface area contributed by atoms with Gasteiger partial charge in [0.25, 0.3) is 0 Å². The normalized spacial score (nSPS) is 13.5. The summed E-state index contributed by atoms with van der Waals surface area (Å²) in [6.07, 6.45) is 8.45. The fourth-order valence-electron chi connectivity index (χ4n) is 1.94. The van der Waals surface area contributed by atoms with Gasteiger partial charge in [-0.3, -0.25) is 0 Å². The van der Waals surface area contributed by atoms with Crippen LogP contribution in [0.1, 0.15) is 46.0 Å². The highest BCUT2D eigenvalue weighted by Gasteiger charge is 2.09. The van der Waals surface area contributed by atoms with Crippen LogP contribution in [0.2, 0.25) is 0 Å². The molecule has 3 nitrogen and oxygen atoms in total. The van der Waals surface area contributed by atoms with Crippen molar-refractivity contribution in [3.63, 3.8) is 0 Å². The van der Waals surface area contributed by atoms with Crippen LogP contribution in [0.4, 0.5) is 0 Å². The maximum atomic E-state index is 9.85. The number of hydrogen-bond acceptors (Lipinski definition) is 3. The standard InChI is InChI=1S/C16H26N2O/c1-6-8-9-10-15(7-2)16(14(4)19)12-11-13(3)18-17-5/h6-7,19H,1,3,8-12H2,2,4-5H3/b15-7-,16-14+,18-17?. The van der Waals surface area contributed by atoms with E-state index in [4.69, 9.17) is 0 Å². The zero-order valence-electron chi connectivity index (χ0n) is 12.4. The van der Waals surface area contributed by atoms with Crippen LogP contribution in [0.5, 0.6) is 0 Å². The lowest BCUT2D eigenvalue weighted by Gasteiger charge is -2.13. The van der Waals surface area contributed by atoms with Gasteiger partial charge >= 0.3 is 0 Å². The smallest absolute Gasteiger partial charge is 0.0926 e. The fourth-order valence-corrected chi connectivity index (χ4v) is 1.94. The Morgan fingerprint density at radius 1 is 1.26 bits per heavy atom. The molecule has 0 unspecified atom stereocenters. The minimum Gasteiger partial charge on any atom is -0.512 e. The maximum absolute atomic E-state index is 9.85. The molecule has 0 aliphatic heterocycles. The Labute approximate surface area is 117 Å². The summed E-state index contributed by atoms with van der Waals surface area (Å²) < 4.78 is 0. The second-order valence-corrected chi connectivity index (χ2v) is 4.43. The monoisotopic (exact) mass is 262 g/mol. The van der Waals surface area contributed by atoms with E-state index in [0.29, 0.717) is 12.2 Å². The van der Waals surface area contributed by atoms with E-state index in [1.165, 1.54) is 5.57 Å². The Morgan fingerprint density at radius 2 is 1.95 bits per heavy atom. The Hall–Kier alpha value is -1.64. The number of unbranched alkanes of at least 4 members (excludes halogenated alkanes) is 1. The summed E-state index contributed by atoms with van der Waals surface area (Å²) in [5, 5.41) is 17.5. The Morgan fingerprint density at radius 3 is 2.42 bits per heavy atom. The summed E-state index contributed by atoms with van der Waals surface area (Å²) in [5.74, 6) is 0.382. The molecule has 0 aromatic heterocycles. The Bertz CT molecular complexity index is 386. The van der Waals surface area contributed by atoms with Gasteiger partial charge in [0, 0.05) is 7.05 Å². The molecule has 0 spiro atoms. The van der Waals surface area contributed by atoms with Crippen LogP contribution >= 0.6 is 0 Å². The molecule has 0 aliphatic carbocycles. The zero-order chi connectivity index (χ0) is 14.7. The Balaban J connectivity index is 4.67. The molecule has 0 radical (unpaired) electrons. The molecule has 0 rings (SSSR count). The summed E-state index contributed by atoms with van der Waals surface area (Å²) in [6, 6.07) is 0. The van der Waals surface area contributed by atoms with E-state index in [1.54, 1.807) is 14.0 Å². The molecule has 0 aromatic rings. The number of hydrogen-bond donors (Lipinski definition) is 1. The number of azo groups is 1. The highest BCUT2D eigenvalue weighted by molar-refractivity contribution is 5.32. The first kappa shape index (κ1) is 17.4. The van der Waals surface area contributed by atoms with Gasteiger partial charge in [0.05, 0.1) is 11.5 Å². The molecule has 0 saturated heterocycles. The van der Waals surface area contributed by atoms with E-state index in [-0.39, 0.29) is 0 Å². The lowest BCUT2D eigenvalue weighted by atomic mass is 9.94. The molecule has 0 atom stereocenters. The van der Waals surface area contributed by atoms with Crippen LogP contribution in [0.25, 0.3) is 0 Å². The molecule has 0 amide bonds. The van der Waals surface area contributed by atoms with Crippen LogP contribution in [0.3, 0.4) is 0 Å². The lowest BCUT2D eigenvalue weighted by molar-refractivity contribution is 0.405. The van der Waals surface area contributed by atoms with Crippen molar-refractivity contribution in [3.8, 4) is 0 Å². The molecule has 3 heteroatoms. The van der Waals surface area contributed by atoms with E-state index in [2.05, 4.69) is 29.5 Å². The van der Waals surface area contributed by atoms with Crippen molar-refractivity contribution in [2.75, 3.05) is 7.05 Å². The first-order valence-electron chi connectivity index (χ1n) is 6.69. The van der Waals surface area contributed by atoms with Gasteiger partial charge in [0.15, 0.2) is 0 Å². The number of aliphatic hydroxyl groups is 1. The maximum Gasteiger partial charge on any atom is 0.0926 e. The third-order valence-electron chi connectivity index (χ3n) is 2.93. The second kappa shape index (κ2) is 10.3. The highest BCUT2D eigenvalue weighted by Crippen LogP contribution is 2.25. The Kier molecular flexibility index (Phi) is 9.41. The third-order valence-corrected chi connectivity index (χ3v) is 2.93. The van der Waals surface area contributed by atoms with Crippen LogP contribution in [-0.2, 0) is 0 Å². The third kappa shape index (κ3) is 7.39. The lowest BCUT2D eigenvalue weighted by Crippen LogP contribution is -1.96. The van der Waals surface area contributed by atoms with Crippen LogP contribution in [0, 0.1) is 0 Å². The highest BCUT2D eigenvalue weighted by atomic mass is 16.3. The van der Waals surface area contributed by atoms with Crippen molar-refractivity contribution >= 4 is 0 Å². The summed E-state index contributed by atoms with van der Waals surface area (Å²) >= 11 is 0. The summed E-state index contributed by atoms with van der Waals surface area (Å²) in [6.45, 7) is 11.3. The molecule has 0 aliphatic rings. The van der Waals surface area contributed by atoms with E-state index in [1.807, 2.05) is 13.0 Å². The van der Waals surface area contributed by atoms with Crippen LogP contribution in [-0.4, -0.2) is 12.2 Å². The van der Waals surface area contributed by atoms with Gasteiger partial charge in [0.1, 0.15) is 0 Å². The SMILES string of the molecule is C=CCCCC(=C/C)/C(CCC(=C)N=NC)=C(\C)O. The largest absolute Gasteiger partial charge is 0.512 e. The zero-order valence-corrected chi connectivity index (χ0v) is 12.4. The average Bonchev–Trinajstić information content (AvgIpc) is 2.37. The molecule has 1 N–H and O–H groups in total. The average molecular weight is 262 g/mol. The quantitative estimate of drug-likeness (QED) is 0.193. The summed E-state index contributed by atoms with van der Waals surface area (Å²) in [5.41, 5.74) is 2.94. The minimum atomic E-state index is 0.382. The first-order valence-corrected chi connectivity index (χ1v) is 6.69. The fraction of sp³-hybridized carbons (Fsp3) is 0.500. The summed E-state index contributed by atoms with van der Waals surface area (Å²) in [7, 11) is 1.63. The number of nitrogens with zero attached hydrogens (tertiary/aromatic N) is 2. The predicted octanol–water partition coefficient (Wildman–Crippen LogP) is 5.50. The molecule has 19 heavy (non-hydrogen) atoms. The second-order valence-electron chi connectivity index (χ2n) is 4.43. The van der Waals surface area contributed by atoms with Gasteiger partial charge in [-0.15, -0.1) is 6.58 Å². The molecule has 106 valence electrons. The van der Waals surface area contributed by atoms with E-state index >= 15 is 0 Å². The van der Waals surface area contributed by atoms with Gasteiger partial charge in [-0.25, -0.2) is 0 Å². The van der Waals surface area contributed by atoms with Crippen LogP contribution < -0.4 is 0 Å². The number of allylic oxidation sites excluding steroid dienone is 6. The van der Waals surface area contributed by atoms with Gasteiger partial charge < -0.3 is 5.11 Å².